The molecule has 11 aromatic rings. The van der Waals surface area contributed by atoms with Crippen LogP contribution < -0.4 is 0 Å². The Labute approximate surface area is 315 Å². The molecule has 11 rings (SSSR count). The van der Waals surface area contributed by atoms with Gasteiger partial charge in [0, 0.05) is 10.8 Å². The van der Waals surface area contributed by atoms with E-state index in [1.54, 1.807) is 6.07 Å². The van der Waals surface area contributed by atoms with Gasteiger partial charge in [-0.15, -0.1) is 0 Å². The summed E-state index contributed by atoms with van der Waals surface area (Å²) in [4.78, 5) is 0. The molecule has 0 N–H and O–H groups in total. The molecule has 0 atom stereocenters. The van der Waals surface area contributed by atoms with Crippen LogP contribution in [0.4, 0.5) is 0 Å². The molecule has 0 radical (unpaired) electrons. The third-order valence-electron chi connectivity index (χ3n) is 9.72. The summed E-state index contributed by atoms with van der Waals surface area (Å²) in [5.41, 5.74) is 1.99. The van der Waals surface area contributed by atoms with E-state index in [2.05, 4.69) is 0 Å². The molecule has 0 aliphatic carbocycles. The Morgan fingerprint density at radius 3 is 1.75 bits per heavy atom. The lowest BCUT2D eigenvalue weighted by atomic mass is 9.82. The van der Waals surface area contributed by atoms with Gasteiger partial charge in [-0.05, 0) is 111 Å². The summed E-state index contributed by atoms with van der Waals surface area (Å²) >= 11 is 0. The summed E-state index contributed by atoms with van der Waals surface area (Å²) in [6.45, 7) is 0. The van der Waals surface area contributed by atoms with Crippen LogP contribution in [0, 0.1) is 0 Å². The van der Waals surface area contributed by atoms with Crippen LogP contribution in [0.2, 0.25) is 0 Å². The molecule has 51 heavy (non-hydrogen) atoms. The van der Waals surface area contributed by atoms with Crippen molar-refractivity contribution in [1.82, 2.24) is 0 Å². The van der Waals surface area contributed by atoms with Crippen molar-refractivity contribution in [3.63, 3.8) is 0 Å². The van der Waals surface area contributed by atoms with E-state index in [9.17, 15) is 8.22 Å². The molecular formula is C50H30O. The van der Waals surface area contributed by atoms with Crippen molar-refractivity contribution in [3.8, 4) is 33.4 Å². The largest absolute Gasteiger partial charge is 0.456 e. The third-order valence-corrected chi connectivity index (χ3v) is 9.72. The highest BCUT2D eigenvalue weighted by molar-refractivity contribution is 6.25. The van der Waals surface area contributed by atoms with Gasteiger partial charge < -0.3 is 4.42 Å². The Kier molecular flexibility index (Phi) is 3.70. The van der Waals surface area contributed by atoms with Gasteiger partial charge in [-0.1, -0.05) is 157 Å². The van der Waals surface area contributed by atoms with Crippen LogP contribution in [-0.2, 0) is 0 Å². The van der Waals surface area contributed by atoms with E-state index in [-0.39, 0.29) is 32.7 Å². The highest BCUT2D eigenvalue weighted by Gasteiger charge is 2.21. The molecule has 0 amide bonds. The lowest BCUT2D eigenvalue weighted by Crippen LogP contribution is -1.94. The van der Waals surface area contributed by atoms with Gasteiger partial charge in [-0.25, -0.2) is 0 Å². The summed E-state index contributed by atoms with van der Waals surface area (Å²) in [7, 11) is 0. The van der Waals surface area contributed by atoms with E-state index in [0.29, 0.717) is 33.2 Å². The molecule has 0 aliphatic heterocycles. The van der Waals surface area contributed by atoms with Crippen LogP contribution in [0.25, 0.3) is 109 Å². The molecule has 0 bridgehead atoms. The average Bonchev–Trinajstić information content (AvgIpc) is 3.71. The molecule has 0 fully saturated rings. The predicted octanol–water partition coefficient (Wildman–Crippen LogP) is 14.4. The van der Waals surface area contributed by atoms with Gasteiger partial charge in [0.25, 0.3) is 0 Å². The number of hydrogen-bond donors (Lipinski definition) is 0. The first-order valence-electron chi connectivity index (χ1n) is 23.9. The summed E-state index contributed by atoms with van der Waals surface area (Å²) in [6, 6.07) is 18.6. The van der Waals surface area contributed by atoms with E-state index in [4.69, 9.17) is 16.8 Å². The van der Waals surface area contributed by atoms with Gasteiger partial charge >= 0.3 is 0 Å². The quantitative estimate of drug-likeness (QED) is 0.172. The molecule has 1 heterocycles. The van der Waals surface area contributed by atoms with Crippen LogP contribution in [0.3, 0.4) is 0 Å². The molecule has 0 saturated heterocycles. The van der Waals surface area contributed by atoms with Crippen molar-refractivity contribution in [3.05, 3.63) is 182 Å². The maximum Gasteiger partial charge on any atom is 0.136 e. The van der Waals surface area contributed by atoms with Crippen molar-refractivity contribution in [2.45, 2.75) is 0 Å². The van der Waals surface area contributed by atoms with Gasteiger partial charge in [-0.3, -0.25) is 0 Å². The first-order chi connectivity index (χ1) is 31.5. The lowest BCUT2D eigenvalue weighted by molar-refractivity contribution is 0.669. The Balaban J connectivity index is 1.39. The molecule has 0 aliphatic rings. The van der Waals surface area contributed by atoms with E-state index < -0.39 is 107 Å². The van der Waals surface area contributed by atoms with Crippen LogP contribution >= 0.6 is 0 Å². The highest BCUT2D eigenvalue weighted by Crippen LogP contribution is 2.48. The second kappa shape index (κ2) is 10.9. The monoisotopic (exact) mass is 661 g/mol. The highest BCUT2D eigenvalue weighted by atomic mass is 16.3. The van der Waals surface area contributed by atoms with Gasteiger partial charge in [0.15, 0.2) is 0 Å². The van der Waals surface area contributed by atoms with E-state index >= 15 is 0 Å². The van der Waals surface area contributed by atoms with Crippen molar-refractivity contribution in [1.29, 1.82) is 0 Å². The zero-order chi connectivity index (χ0) is 46.5. The molecular weight excluding hydrogens is 617 g/mol. The van der Waals surface area contributed by atoms with Crippen LogP contribution in [0.15, 0.2) is 186 Å². The normalized spacial score (nSPS) is 16.0. The van der Waals surface area contributed by atoms with Crippen molar-refractivity contribution in [2.75, 3.05) is 0 Å². The Bertz CT molecular complexity index is 3980. The number of benzene rings is 10. The predicted molar refractivity (Wildman–Crippen MR) is 218 cm³/mol. The fraction of sp³-hybridized carbons (Fsp3) is 0. The molecule has 1 aromatic heterocycles. The topological polar surface area (TPSA) is 13.1 Å². The Morgan fingerprint density at radius 2 is 0.980 bits per heavy atom. The smallest absolute Gasteiger partial charge is 0.136 e. The summed E-state index contributed by atoms with van der Waals surface area (Å²) in [6.07, 6.45) is 0. The van der Waals surface area contributed by atoms with E-state index in [1.165, 1.54) is 0 Å². The third kappa shape index (κ3) is 4.22. The van der Waals surface area contributed by atoms with Crippen LogP contribution in [0.1, 0.15) is 20.6 Å². The summed E-state index contributed by atoms with van der Waals surface area (Å²) in [5, 5.41) is 3.30. The molecule has 236 valence electrons. The lowest BCUT2D eigenvalue weighted by Gasteiger charge is -2.21. The average molecular weight is 662 g/mol. The Hall–Kier alpha value is -6.70. The van der Waals surface area contributed by atoms with Crippen LogP contribution in [-0.4, -0.2) is 0 Å². The fourth-order valence-corrected chi connectivity index (χ4v) is 7.54. The standard InChI is InChI=1S/C50H30O/c1-2-14-34-29-35(22-21-31(34)11-1)48-39-17-7-9-19-41(39)49(42-20-10-8-18-40(42)48)43-26-23-32-12-3-5-15-37(32)47(43)36-25-27-45-44(30-36)50-38-16-6-4-13-33(38)24-28-46(50)51-45/h1-30H/i1D,2D,7D,8D,9D,10D,11D,14D,17D,18D,19D,20D,21D,22D,29D. The molecule has 0 saturated carbocycles. The minimum absolute atomic E-state index is 0.0259. The van der Waals surface area contributed by atoms with Crippen molar-refractivity contribution >= 4 is 75.8 Å². The molecule has 1 heteroatoms. The summed E-state index contributed by atoms with van der Waals surface area (Å²) < 4.78 is 143. The number of furan rings is 1. The molecule has 0 spiro atoms. The molecule has 0 unspecified atom stereocenters. The summed E-state index contributed by atoms with van der Waals surface area (Å²) in [5.74, 6) is 0. The molecule has 1 nitrogen and oxygen atoms in total. The number of fused-ring (bicyclic) bond motifs is 9. The van der Waals surface area contributed by atoms with Crippen LogP contribution in [0.5, 0.6) is 0 Å². The second-order valence-electron chi connectivity index (χ2n) is 12.4. The Morgan fingerprint density at radius 1 is 0.373 bits per heavy atom. The van der Waals surface area contributed by atoms with Crippen molar-refractivity contribution < 1.29 is 25.0 Å². The molecule has 10 aromatic carbocycles. The van der Waals surface area contributed by atoms with E-state index in [0.717, 1.165) is 26.9 Å². The minimum atomic E-state index is -0.743. The fourth-order valence-electron chi connectivity index (χ4n) is 7.54. The first kappa shape index (κ1) is 17.3. The van der Waals surface area contributed by atoms with E-state index in [1.807, 2.05) is 84.9 Å². The van der Waals surface area contributed by atoms with Crippen molar-refractivity contribution in [2.24, 2.45) is 0 Å². The maximum atomic E-state index is 9.63. The van der Waals surface area contributed by atoms with Gasteiger partial charge in [-0.2, -0.15) is 0 Å². The van der Waals surface area contributed by atoms with Gasteiger partial charge in [0.05, 0.1) is 20.6 Å². The van der Waals surface area contributed by atoms with Gasteiger partial charge in [0.2, 0.25) is 0 Å². The maximum absolute atomic E-state index is 9.63. The van der Waals surface area contributed by atoms with Gasteiger partial charge in [0.1, 0.15) is 11.2 Å². The minimum Gasteiger partial charge on any atom is -0.456 e. The number of rotatable bonds is 3. The first-order valence-corrected chi connectivity index (χ1v) is 16.4. The SMILES string of the molecule is [2H]c1c([2H])c([2H])c2c([2H])c(-c3c4c([2H])c([2H])c([2H])c([2H])c4c(-c4ccc5ccccc5c4-c4ccc5oc6ccc7ccccc7c6c5c4)c4c([2H])c([2H])c([2H])c([2H])c34)c([2H])c([2H])c2c1[2H]. The zero-order valence-corrected chi connectivity index (χ0v) is 26.6. The second-order valence-corrected chi connectivity index (χ2v) is 12.4. The zero-order valence-electron chi connectivity index (χ0n) is 41.6. The number of hydrogen-bond acceptors (Lipinski definition) is 1.